The number of halogens is 1. The Labute approximate surface area is 218 Å². The zero-order valence-electron chi connectivity index (χ0n) is 19.9. The average molecular weight is 542 g/mol. The number of methoxy groups -OCH3 is 1. The van der Waals surface area contributed by atoms with Crippen LogP contribution in [0, 0.1) is 0 Å². The summed E-state index contributed by atoms with van der Waals surface area (Å²) in [7, 11) is -2.87. The van der Waals surface area contributed by atoms with Crippen LogP contribution in [0.2, 0.25) is 5.02 Å². The molecule has 1 atom stereocenters. The van der Waals surface area contributed by atoms with Crippen LogP contribution in [0.1, 0.15) is 11.6 Å². The quantitative estimate of drug-likeness (QED) is 0.372. The fourth-order valence-electron chi connectivity index (χ4n) is 4.49. The Morgan fingerprint density at radius 1 is 0.973 bits per heavy atom. The zero-order chi connectivity index (χ0) is 26.2. The van der Waals surface area contributed by atoms with Gasteiger partial charge in [0.2, 0.25) is 0 Å². The van der Waals surface area contributed by atoms with Gasteiger partial charge in [-0.25, -0.2) is 13.2 Å². The van der Waals surface area contributed by atoms with Gasteiger partial charge in [-0.05, 0) is 48.0 Å². The number of rotatable bonds is 6. The minimum atomic E-state index is -4.34. The number of carbonyl (C=O) groups excluding carboxylic acids is 1. The third-order valence-electron chi connectivity index (χ3n) is 6.32. The van der Waals surface area contributed by atoms with Crippen molar-refractivity contribution in [3.63, 3.8) is 0 Å². The molecule has 9 nitrogen and oxygen atoms in total. The lowest BCUT2D eigenvalue weighted by atomic mass is 10.0. The maximum absolute atomic E-state index is 14.0. The topological polar surface area (TPSA) is 99.8 Å². The molecule has 0 saturated carbocycles. The Hall–Kier alpha value is -3.60. The molecule has 0 bridgehead atoms. The highest BCUT2D eigenvalue weighted by Gasteiger charge is 2.35. The van der Waals surface area contributed by atoms with E-state index in [1.54, 1.807) is 35.2 Å². The molecule has 1 aliphatic rings. The van der Waals surface area contributed by atoms with Crippen molar-refractivity contribution in [2.75, 3.05) is 33.4 Å². The predicted octanol–water partition coefficient (Wildman–Crippen LogP) is 3.15. The van der Waals surface area contributed by atoms with Crippen LogP contribution in [0.3, 0.4) is 0 Å². The van der Waals surface area contributed by atoms with Gasteiger partial charge in [0.25, 0.3) is 15.9 Å². The standard InChI is InChI=1S/C26H24ClN3O6S/c1-35-20-8-10-21(11-9-20)37(33,34)30-22-12-7-19(27)17-23(22)29(26(30)32)24(18-5-3-2-4-6-18)25(31)28-13-15-36-16-14-28/h2-12,17,24H,13-16H2,1H3. The zero-order valence-corrected chi connectivity index (χ0v) is 21.5. The largest absolute Gasteiger partial charge is 0.497 e. The van der Waals surface area contributed by atoms with Crippen molar-refractivity contribution in [3.05, 3.63) is 93.9 Å². The molecule has 1 fully saturated rings. The lowest BCUT2D eigenvalue weighted by Crippen LogP contribution is -2.46. The molecule has 0 spiro atoms. The van der Waals surface area contributed by atoms with Gasteiger partial charge in [0, 0.05) is 18.1 Å². The van der Waals surface area contributed by atoms with Gasteiger partial charge in [0.05, 0.1) is 36.3 Å². The van der Waals surface area contributed by atoms with E-state index in [0.717, 1.165) is 3.97 Å². The summed E-state index contributed by atoms with van der Waals surface area (Å²) in [5.74, 6) is 0.137. The lowest BCUT2D eigenvalue weighted by molar-refractivity contribution is -0.137. The van der Waals surface area contributed by atoms with Crippen LogP contribution >= 0.6 is 11.6 Å². The number of nitrogens with zero attached hydrogens (tertiary/aromatic N) is 3. The van der Waals surface area contributed by atoms with Gasteiger partial charge >= 0.3 is 5.69 Å². The molecule has 0 N–H and O–H groups in total. The van der Waals surface area contributed by atoms with E-state index in [9.17, 15) is 18.0 Å². The number of fused-ring (bicyclic) bond motifs is 1. The van der Waals surface area contributed by atoms with Crippen LogP contribution in [0.25, 0.3) is 11.0 Å². The third kappa shape index (κ3) is 4.52. The molecule has 1 aromatic heterocycles. The number of ether oxygens (including phenoxy) is 2. The van der Waals surface area contributed by atoms with Gasteiger partial charge in [-0.15, -0.1) is 0 Å². The number of benzene rings is 3. The number of amides is 1. The molecule has 1 amide bonds. The second kappa shape index (κ2) is 10.0. The summed E-state index contributed by atoms with van der Waals surface area (Å²) in [6.45, 7) is 1.48. The van der Waals surface area contributed by atoms with Crippen LogP contribution < -0.4 is 10.4 Å². The summed E-state index contributed by atoms with van der Waals surface area (Å²) >= 11 is 6.30. The van der Waals surface area contributed by atoms with E-state index in [-0.39, 0.29) is 21.8 Å². The van der Waals surface area contributed by atoms with Crippen LogP contribution in [-0.4, -0.2) is 61.2 Å². The number of imidazole rings is 1. The van der Waals surface area contributed by atoms with E-state index >= 15 is 0 Å². The summed E-state index contributed by atoms with van der Waals surface area (Å²) in [5.41, 5.74) is 0.0106. The summed E-state index contributed by atoms with van der Waals surface area (Å²) in [4.78, 5) is 29.4. The number of carbonyl (C=O) groups is 1. The summed E-state index contributed by atoms with van der Waals surface area (Å²) in [5, 5.41) is 0.297. The number of aromatic nitrogens is 2. The minimum absolute atomic E-state index is 0.0971. The average Bonchev–Trinajstić information content (AvgIpc) is 3.21. The minimum Gasteiger partial charge on any atom is -0.497 e. The molecule has 1 aliphatic heterocycles. The van der Waals surface area contributed by atoms with Crippen LogP contribution in [0.5, 0.6) is 5.75 Å². The Morgan fingerprint density at radius 3 is 2.30 bits per heavy atom. The highest BCUT2D eigenvalue weighted by molar-refractivity contribution is 7.90. The summed E-state index contributed by atoms with van der Waals surface area (Å²) in [6, 6.07) is 17.9. The van der Waals surface area contributed by atoms with Gasteiger partial charge in [-0.2, -0.15) is 3.97 Å². The van der Waals surface area contributed by atoms with Gasteiger partial charge in [0.1, 0.15) is 11.8 Å². The van der Waals surface area contributed by atoms with Crippen molar-refractivity contribution >= 4 is 38.6 Å². The molecule has 1 saturated heterocycles. The first-order chi connectivity index (χ1) is 17.8. The van der Waals surface area contributed by atoms with Crippen molar-refractivity contribution in [2.24, 2.45) is 0 Å². The summed E-state index contributed by atoms with van der Waals surface area (Å²) in [6.07, 6.45) is 0. The molecule has 5 rings (SSSR count). The Balaban J connectivity index is 1.77. The Kier molecular flexibility index (Phi) is 6.80. The molecular weight excluding hydrogens is 518 g/mol. The second-order valence-corrected chi connectivity index (χ2v) is 10.7. The van der Waals surface area contributed by atoms with E-state index in [2.05, 4.69) is 0 Å². The van der Waals surface area contributed by atoms with E-state index in [0.29, 0.717) is 42.6 Å². The smallest absolute Gasteiger partial charge is 0.344 e. The molecule has 3 aromatic carbocycles. The maximum atomic E-state index is 14.0. The highest BCUT2D eigenvalue weighted by Crippen LogP contribution is 2.29. The van der Waals surface area contributed by atoms with Gasteiger partial charge in [0.15, 0.2) is 0 Å². The van der Waals surface area contributed by atoms with E-state index in [1.165, 1.54) is 54.1 Å². The van der Waals surface area contributed by atoms with Gasteiger partial charge in [-0.3, -0.25) is 9.36 Å². The third-order valence-corrected chi connectivity index (χ3v) is 8.26. The molecule has 11 heteroatoms. The van der Waals surface area contributed by atoms with Gasteiger partial charge < -0.3 is 14.4 Å². The van der Waals surface area contributed by atoms with Crippen molar-refractivity contribution in [1.29, 1.82) is 0 Å². The van der Waals surface area contributed by atoms with Crippen molar-refractivity contribution in [2.45, 2.75) is 10.9 Å². The molecule has 1 unspecified atom stereocenters. The van der Waals surface area contributed by atoms with Crippen molar-refractivity contribution < 1.29 is 22.7 Å². The first kappa shape index (κ1) is 25.1. The molecule has 4 aromatic rings. The number of morpholine rings is 1. The Bertz CT molecular complexity index is 1610. The van der Waals surface area contributed by atoms with Crippen molar-refractivity contribution in [1.82, 2.24) is 13.4 Å². The second-order valence-electron chi connectivity index (χ2n) is 8.48. The molecule has 37 heavy (non-hydrogen) atoms. The molecular formula is C26H24ClN3O6S. The van der Waals surface area contributed by atoms with E-state index < -0.39 is 21.8 Å². The van der Waals surface area contributed by atoms with Crippen LogP contribution in [0.4, 0.5) is 0 Å². The predicted molar refractivity (Wildman–Crippen MR) is 139 cm³/mol. The molecule has 2 heterocycles. The maximum Gasteiger partial charge on any atom is 0.344 e. The Morgan fingerprint density at radius 2 is 1.65 bits per heavy atom. The first-order valence-electron chi connectivity index (χ1n) is 11.6. The van der Waals surface area contributed by atoms with Crippen molar-refractivity contribution in [3.8, 4) is 5.75 Å². The molecule has 0 aliphatic carbocycles. The normalized spacial score (nSPS) is 15.0. The SMILES string of the molecule is COc1ccc(S(=O)(=O)n2c(=O)n(C(C(=O)N3CCOCC3)c3ccccc3)c3cc(Cl)ccc32)cc1. The monoisotopic (exact) mass is 541 g/mol. The highest BCUT2D eigenvalue weighted by atomic mass is 35.5. The number of hydrogen-bond acceptors (Lipinski definition) is 6. The van der Waals surface area contributed by atoms with Gasteiger partial charge in [-0.1, -0.05) is 41.9 Å². The van der Waals surface area contributed by atoms with Crippen LogP contribution in [0.15, 0.2) is 82.5 Å². The summed E-state index contributed by atoms with van der Waals surface area (Å²) < 4.78 is 40.0. The van der Waals surface area contributed by atoms with E-state index in [4.69, 9.17) is 21.1 Å². The first-order valence-corrected chi connectivity index (χ1v) is 13.4. The van der Waals surface area contributed by atoms with Crippen LogP contribution in [-0.2, 0) is 19.6 Å². The molecule has 0 radical (unpaired) electrons. The number of hydrogen-bond donors (Lipinski definition) is 0. The van der Waals surface area contributed by atoms with E-state index in [1.807, 2.05) is 0 Å². The fourth-order valence-corrected chi connectivity index (χ4v) is 6.06. The fraction of sp³-hybridized carbons (Fsp3) is 0.231. The lowest BCUT2D eigenvalue weighted by Gasteiger charge is -2.31. The molecule has 192 valence electrons.